The van der Waals surface area contributed by atoms with E-state index in [1.807, 2.05) is 0 Å². The van der Waals surface area contributed by atoms with Gasteiger partial charge < -0.3 is 0 Å². The van der Waals surface area contributed by atoms with Crippen LogP contribution in [0.5, 0.6) is 0 Å². The number of anilines is 1. The highest BCUT2D eigenvalue weighted by Crippen LogP contribution is 2.29. The largest absolute Gasteiger partial charge is 0.318 e. The average molecular weight is 357 g/mol. The predicted molar refractivity (Wildman–Crippen MR) is 80.9 cm³/mol. The van der Waals surface area contributed by atoms with Crippen molar-refractivity contribution in [2.24, 2.45) is 5.14 Å². The average Bonchev–Trinajstić information content (AvgIpc) is 2.47. The Morgan fingerprint density at radius 1 is 0.913 bits per heavy atom. The first-order chi connectivity index (χ1) is 10.7. The van der Waals surface area contributed by atoms with E-state index in [0.29, 0.717) is 0 Å². The van der Waals surface area contributed by atoms with E-state index in [4.69, 9.17) is 5.14 Å². The Bertz CT molecular complexity index is 942. The van der Waals surface area contributed by atoms with Gasteiger partial charge >= 0.3 is 10.0 Å². The molecule has 23 heavy (non-hydrogen) atoms. The number of sulfonamides is 2. The minimum Gasteiger partial charge on any atom is -0.233 e. The van der Waals surface area contributed by atoms with Gasteiger partial charge in [-0.15, -0.1) is 0 Å². The lowest BCUT2D eigenvalue weighted by molar-refractivity contribution is -0.474. The van der Waals surface area contributed by atoms with Crippen LogP contribution in [0.15, 0.2) is 64.4 Å². The highest BCUT2D eigenvalue weighted by molar-refractivity contribution is 7.93. The van der Waals surface area contributed by atoms with Crippen molar-refractivity contribution in [3.63, 3.8) is 0 Å². The zero-order chi connectivity index (χ0) is 17.3. The van der Waals surface area contributed by atoms with Gasteiger partial charge in [-0.2, -0.15) is 8.42 Å². The predicted octanol–water partition coefficient (Wildman–Crippen LogP) is 0.721. The number of hydrogen-bond donors (Lipinski definition) is 1. The number of rotatable bonds is 5. The van der Waals surface area contributed by atoms with Gasteiger partial charge in [0, 0.05) is 4.41 Å². The summed E-state index contributed by atoms with van der Waals surface area (Å²) in [4.78, 5) is 10.3. The molecule has 0 atom stereocenters. The zero-order valence-corrected chi connectivity index (χ0v) is 13.1. The molecule has 2 aromatic carbocycles. The minimum atomic E-state index is -4.62. The van der Waals surface area contributed by atoms with Crippen molar-refractivity contribution in [3.05, 3.63) is 64.7 Å². The summed E-state index contributed by atoms with van der Waals surface area (Å²) >= 11 is 0. The second-order valence-corrected chi connectivity index (χ2v) is 7.61. The maximum Gasteiger partial charge on any atom is 0.318 e. The van der Waals surface area contributed by atoms with Gasteiger partial charge in [-0.05, 0) is 24.3 Å². The molecule has 2 aromatic rings. The summed E-state index contributed by atoms with van der Waals surface area (Å²) in [6.45, 7) is 0. The molecule has 0 unspecified atom stereocenters. The molecule has 0 aliphatic carbocycles. The van der Waals surface area contributed by atoms with Crippen LogP contribution in [0.25, 0.3) is 0 Å². The molecule has 11 heteroatoms. The Balaban J connectivity index is 2.74. The molecule has 0 aliphatic rings. The van der Waals surface area contributed by atoms with E-state index in [9.17, 15) is 26.9 Å². The number of hydrazine groups is 1. The first kappa shape index (κ1) is 16.9. The topological polar surface area (TPSA) is 141 Å². The van der Waals surface area contributed by atoms with Crippen molar-refractivity contribution in [1.29, 1.82) is 0 Å². The number of nitrogens with two attached hydrogens (primary N) is 1. The highest BCUT2D eigenvalue weighted by atomic mass is 32.2. The molecule has 0 bridgehead atoms. The standard InChI is InChI=1S/C12H11N3O6S2/c13-22(18,19)12-9-5-4-8-11(12)14(15(16)17)23(20,21)10-6-2-1-3-7-10/h1-9H,(H2,13,18,19). The van der Waals surface area contributed by atoms with Gasteiger partial charge in [-0.1, -0.05) is 30.3 Å². The maximum atomic E-state index is 12.5. The van der Waals surface area contributed by atoms with Crippen molar-refractivity contribution in [1.82, 2.24) is 0 Å². The molecule has 0 aliphatic heterocycles. The molecule has 0 heterocycles. The van der Waals surface area contributed by atoms with Crippen LogP contribution in [0.4, 0.5) is 5.69 Å². The molecule has 0 radical (unpaired) electrons. The van der Waals surface area contributed by atoms with Crippen molar-refractivity contribution in [2.75, 3.05) is 4.41 Å². The fraction of sp³-hybridized carbons (Fsp3) is 0. The number of hydrogen-bond acceptors (Lipinski definition) is 6. The van der Waals surface area contributed by atoms with E-state index in [1.54, 1.807) is 0 Å². The molecule has 2 N–H and O–H groups in total. The minimum absolute atomic E-state index is 0.206. The van der Waals surface area contributed by atoms with Crippen molar-refractivity contribution in [2.45, 2.75) is 9.79 Å². The SMILES string of the molecule is NS(=O)(=O)c1ccccc1N([N+](=O)[O-])S(=O)(=O)c1ccccc1. The van der Waals surface area contributed by atoms with E-state index in [-0.39, 0.29) is 9.31 Å². The summed E-state index contributed by atoms with van der Waals surface area (Å²) in [5.74, 6) is 0. The number of nitrogens with zero attached hydrogens (tertiary/aromatic N) is 2. The van der Waals surface area contributed by atoms with E-state index in [1.165, 1.54) is 30.3 Å². The Labute approximate surface area is 132 Å². The van der Waals surface area contributed by atoms with Gasteiger partial charge in [-0.25, -0.2) is 23.7 Å². The molecule has 0 fully saturated rings. The summed E-state index contributed by atoms with van der Waals surface area (Å²) < 4.78 is 48.0. The summed E-state index contributed by atoms with van der Waals surface area (Å²) in [5.41, 5.74) is -0.663. The molecule has 0 saturated carbocycles. The van der Waals surface area contributed by atoms with E-state index < -0.39 is 35.7 Å². The third-order valence-corrected chi connectivity index (χ3v) is 5.41. The lowest BCUT2D eigenvalue weighted by Crippen LogP contribution is -2.37. The molecule has 0 amide bonds. The summed E-state index contributed by atoms with van der Waals surface area (Å²) in [5, 5.41) is 15.1. The third kappa shape index (κ3) is 3.31. The number of nitro groups is 1. The first-order valence-electron chi connectivity index (χ1n) is 6.02. The van der Waals surface area contributed by atoms with Gasteiger partial charge in [0.25, 0.3) is 0 Å². The van der Waals surface area contributed by atoms with Gasteiger partial charge in [0.1, 0.15) is 10.6 Å². The summed E-state index contributed by atoms with van der Waals surface area (Å²) in [6, 6.07) is 11.1. The van der Waals surface area contributed by atoms with E-state index in [0.717, 1.165) is 24.3 Å². The van der Waals surface area contributed by atoms with Crippen LogP contribution in [0.1, 0.15) is 0 Å². The van der Waals surface area contributed by atoms with Crippen molar-refractivity contribution in [3.8, 4) is 0 Å². The molecule has 2 rings (SSSR count). The fourth-order valence-electron chi connectivity index (χ4n) is 1.85. The van der Waals surface area contributed by atoms with Gasteiger partial charge in [0.2, 0.25) is 10.0 Å². The molecule has 9 nitrogen and oxygen atoms in total. The summed E-state index contributed by atoms with van der Waals surface area (Å²) in [6.07, 6.45) is 0. The van der Waals surface area contributed by atoms with Gasteiger partial charge in [-0.3, -0.25) is 0 Å². The van der Waals surface area contributed by atoms with Crippen LogP contribution in [0, 0.1) is 10.1 Å². The fourth-order valence-corrected chi connectivity index (χ4v) is 3.92. The van der Waals surface area contributed by atoms with Crippen LogP contribution in [0.2, 0.25) is 0 Å². The normalized spacial score (nSPS) is 11.9. The molecule has 0 saturated heterocycles. The summed E-state index contributed by atoms with van der Waals surface area (Å²) in [7, 11) is -8.99. The molecule has 122 valence electrons. The van der Waals surface area contributed by atoms with Gasteiger partial charge in [0.15, 0.2) is 5.03 Å². The maximum absolute atomic E-state index is 12.5. The Kier molecular flexibility index (Phi) is 4.36. The van der Waals surface area contributed by atoms with Crippen LogP contribution in [0.3, 0.4) is 0 Å². The molecular weight excluding hydrogens is 346 g/mol. The van der Waals surface area contributed by atoms with Crippen LogP contribution >= 0.6 is 0 Å². The molecule has 0 spiro atoms. The lowest BCUT2D eigenvalue weighted by atomic mass is 10.3. The number of benzene rings is 2. The number of primary sulfonamides is 1. The van der Waals surface area contributed by atoms with Crippen molar-refractivity contribution < 1.29 is 21.9 Å². The second-order valence-electron chi connectivity index (χ2n) is 4.31. The Morgan fingerprint density at radius 2 is 1.43 bits per heavy atom. The van der Waals surface area contributed by atoms with E-state index >= 15 is 0 Å². The Morgan fingerprint density at radius 3 is 1.96 bits per heavy atom. The monoisotopic (exact) mass is 357 g/mol. The van der Waals surface area contributed by atoms with Crippen molar-refractivity contribution >= 4 is 25.7 Å². The first-order valence-corrected chi connectivity index (χ1v) is 9.01. The van der Waals surface area contributed by atoms with Crippen LogP contribution < -0.4 is 9.55 Å². The van der Waals surface area contributed by atoms with Crippen LogP contribution in [-0.4, -0.2) is 21.9 Å². The molecular formula is C12H11N3O6S2. The smallest absolute Gasteiger partial charge is 0.233 e. The van der Waals surface area contributed by atoms with E-state index in [2.05, 4.69) is 0 Å². The lowest BCUT2D eigenvalue weighted by Gasteiger charge is -2.16. The Hall–Kier alpha value is -2.50. The quantitative estimate of drug-likeness (QED) is 0.617. The van der Waals surface area contributed by atoms with Crippen LogP contribution in [-0.2, 0) is 20.0 Å². The highest BCUT2D eigenvalue weighted by Gasteiger charge is 2.38. The number of para-hydroxylation sites is 1. The zero-order valence-electron chi connectivity index (χ0n) is 11.4. The molecule has 0 aromatic heterocycles. The second kappa shape index (κ2) is 5.95. The third-order valence-electron chi connectivity index (χ3n) is 2.79. The van der Waals surface area contributed by atoms with Gasteiger partial charge in [0.05, 0.1) is 4.90 Å².